The molecule has 110 valence electrons. The number of carbonyl (C=O) groups is 2. The van der Waals surface area contributed by atoms with Crippen LogP contribution in [0.25, 0.3) is 0 Å². The molecule has 0 unspecified atom stereocenters. The van der Waals surface area contributed by atoms with Crippen molar-refractivity contribution in [3.63, 3.8) is 0 Å². The maximum Gasteiger partial charge on any atom is 0.287 e. The Morgan fingerprint density at radius 2 is 1.95 bits per heavy atom. The van der Waals surface area contributed by atoms with Crippen LogP contribution in [0.5, 0.6) is 0 Å². The Hall–Kier alpha value is -1.30. The van der Waals surface area contributed by atoms with Gasteiger partial charge in [-0.2, -0.15) is 0 Å². The average Bonchev–Trinajstić information content (AvgIpc) is 2.90. The predicted octanol–water partition coefficient (Wildman–Crippen LogP) is 2.47. The second-order valence-corrected chi connectivity index (χ2v) is 5.88. The van der Waals surface area contributed by atoms with Gasteiger partial charge in [0.25, 0.3) is 5.91 Å². The zero-order chi connectivity index (χ0) is 14.4. The van der Waals surface area contributed by atoms with E-state index in [1.165, 1.54) is 32.1 Å². The fourth-order valence-electron chi connectivity index (χ4n) is 2.40. The maximum absolute atomic E-state index is 11.7. The summed E-state index contributed by atoms with van der Waals surface area (Å²) in [7, 11) is 0. The summed E-state index contributed by atoms with van der Waals surface area (Å²) in [5.41, 5.74) is 0. The minimum Gasteiger partial charge on any atom is -0.444 e. The molecule has 0 radical (unpaired) electrons. The molecule has 1 aliphatic carbocycles. The lowest BCUT2D eigenvalue weighted by atomic mass is 9.89. The van der Waals surface area contributed by atoms with E-state index in [9.17, 15) is 9.59 Å². The number of hydrogen-bond acceptors (Lipinski definition) is 3. The SMILES string of the molecule is O=C(CNC(=O)c1ccc(Br)o1)NCC1CCCCC1. The standard InChI is InChI=1S/C14H19BrN2O3/c15-12-7-6-11(20-12)14(19)17-9-13(18)16-8-10-4-2-1-3-5-10/h6-7,10H,1-5,8-9H2,(H,16,18)(H,17,19). The number of amides is 2. The van der Waals surface area contributed by atoms with Crippen molar-refractivity contribution in [1.82, 2.24) is 10.6 Å². The van der Waals surface area contributed by atoms with Crippen molar-refractivity contribution in [2.24, 2.45) is 5.92 Å². The van der Waals surface area contributed by atoms with Crippen LogP contribution in [0.4, 0.5) is 0 Å². The molecule has 1 heterocycles. The van der Waals surface area contributed by atoms with E-state index in [0.29, 0.717) is 17.1 Å². The first-order valence-electron chi connectivity index (χ1n) is 6.95. The molecule has 20 heavy (non-hydrogen) atoms. The Balaban J connectivity index is 1.65. The van der Waals surface area contributed by atoms with E-state index in [4.69, 9.17) is 4.42 Å². The number of hydrogen-bond donors (Lipinski definition) is 2. The molecule has 1 fully saturated rings. The Labute approximate surface area is 126 Å². The fraction of sp³-hybridized carbons (Fsp3) is 0.571. The van der Waals surface area contributed by atoms with Gasteiger partial charge in [-0.25, -0.2) is 0 Å². The third kappa shape index (κ3) is 4.67. The molecule has 5 nitrogen and oxygen atoms in total. The van der Waals surface area contributed by atoms with Gasteiger partial charge in [0, 0.05) is 6.54 Å². The summed E-state index contributed by atoms with van der Waals surface area (Å²) >= 11 is 3.12. The molecule has 0 saturated heterocycles. The molecule has 2 amide bonds. The lowest BCUT2D eigenvalue weighted by Gasteiger charge is -2.21. The zero-order valence-corrected chi connectivity index (χ0v) is 12.9. The van der Waals surface area contributed by atoms with E-state index in [0.717, 1.165) is 0 Å². The van der Waals surface area contributed by atoms with Gasteiger partial charge < -0.3 is 15.1 Å². The van der Waals surface area contributed by atoms with E-state index < -0.39 is 0 Å². The van der Waals surface area contributed by atoms with Crippen molar-refractivity contribution in [3.05, 3.63) is 22.6 Å². The maximum atomic E-state index is 11.7. The lowest BCUT2D eigenvalue weighted by molar-refractivity contribution is -0.120. The molecule has 1 aromatic heterocycles. The molecule has 2 rings (SSSR count). The van der Waals surface area contributed by atoms with Crippen molar-refractivity contribution in [3.8, 4) is 0 Å². The minimum absolute atomic E-state index is 0.0239. The summed E-state index contributed by atoms with van der Waals surface area (Å²) in [5, 5.41) is 5.41. The Kier molecular flexibility index (Phi) is 5.64. The van der Waals surface area contributed by atoms with Gasteiger partial charge in [0.2, 0.25) is 5.91 Å². The van der Waals surface area contributed by atoms with Crippen molar-refractivity contribution < 1.29 is 14.0 Å². The van der Waals surface area contributed by atoms with E-state index in [2.05, 4.69) is 26.6 Å². The van der Waals surface area contributed by atoms with Crippen LogP contribution in [0, 0.1) is 5.92 Å². The Morgan fingerprint density at radius 1 is 1.20 bits per heavy atom. The normalized spacial score (nSPS) is 15.8. The molecule has 1 saturated carbocycles. The molecule has 6 heteroatoms. The van der Waals surface area contributed by atoms with Crippen LogP contribution in [0.1, 0.15) is 42.7 Å². The van der Waals surface area contributed by atoms with Crippen LogP contribution in [-0.4, -0.2) is 24.9 Å². The van der Waals surface area contributed by atoms with E-state index >= 15 is 0 Å². The molecule has 2 N–H and O–H groups in total. The number of rotatable bonds is 5. The monoisotopic (exact) mass is 342 g/mol. The van der Waals surface area contributed by atoms with Gasteiger partial charge in [-0.1, -0.05) is 19.3 Å². The lowest BCUT2D eigenvalue weighted by Crippen LogP contribution is -2.39. The Morgan fingerprint density at radius 3 is 2.60 bits per heavy atom. The third-order valence-electron chi connectivity index (χ3n) is 3.52. The summed E-state index contributed by atoms with van der Waals surface area (Å²) in [5.74, 6) is 0.236. The number of halogens is 1. The predicted molar refractivity (Wildman–Crippen MR) is 78.3 cm³/mol. The van der Waals surface area contributed by atoms with Crippen molar-refractivity contribution in [2.45, 2.75) is 32.1 Å². The molecule has 1 aliphatic rings. The van der Waals surface area contributed by atoms with Crippen LogP contribution in [0.3, 0.4) is 0 Å². The van der Waals surface area contributed by atoms with Crippen LogP contribution < -0.4 is 10.6 Å². The number of nitrogens with one attached hydrogen (secondary N) is 2. The van der Waals surface area contributed by atoms with Gasteiger partial charge >= 0.3 is 0 Å². The first-order chi connectivity index (χ1) is 9.65. The topological polar surface area (TPSA) is 71.3 Å². The van der Waals surface area contributed by atoms with Gasteiger partial charge in [0.15, 0.2) is 10.4 Å². The molecule has 1 aromatic rings. The highest BCUT2D eigenvalue weighted by Crippen LogP contribution is 2.22. The molecule has 0 spiro atoms. The molecule has 0 aromatic carbocycles. The second kappa shape index (κ2) is 7.47. The van der Waals surface area contributed by atoms with E-state index in [1.807, 2.05) is 0 Å². The van der Waals surface area contributed by atoms with Gasteiger partial charge in [0.1, 0.15) is 0 Å². The highest BCUT2D eigenvalue weighted by atomic mass is 79.9. The summed E-state index contributed by atoms with van der Waals surface area (Å²) < 4.78 is 5.60. The van der Waals surface area contributed by atoms with Gasteiger partial charge in [-0.3, -0.25) is 9.59 Å². The third-order valence-corrected chi connectivity index (χ3v) is 3.95. The van der Waals surface area contributed by atoms with Crippen molar-refractivity contribution >= 4 is 27.7 Å². The zero-order valence-electron chi connectivity index (χ0n) is 11.3. The van der Waals surface area contributed by atoms with Crippen LogP contribution in [-0.2, 0) is 4.79 Å². The Bertz CT molecular complexity index is 467. The van der Waals surface area contributed by atoms with Crippen LogP contribution in [0.2, 0.25) is 0 Å². The van der Waals surface area contributed by atoms with Gasteiger partial charge in [0.05, 0.1) is 6.54 Å². The molecular formula is C14H19BrN2O3. The van der Waals surface area contributed by atoms with Gasteiger partial charge in [-0.05, 0) is 46.8 Å². The van der Waals surface area contributed by atoms with E-state index in [-0.39, 0.29) is 24.1 Å². The quantitative estimate of drug-likeness (QED) is 0.863. The molecule has 0 aliphatic heterocycles. The molecule has 0 atom stereocenters. The summed E-state index contributed by atoms with van der Waals surface area (Å²) in [6.45, 7) is 0.685. The summed E-state index contributed by atoms with van der Waals surface area (Å²) in [6, 6.07) is 3.19. The van der Waals surface area contributed by atoms with Crippen molar-refractivity contribution in [2.75, 3.05) is 13.1 Å². The highest BCUT2D eigenvalue weighted by Gasteiger charge is 2.15. The number of furan rings is 1. The highest BCUT2D eigenvalue weighted by molar-refractivity contribution is 9.10. The largest absolute Gasteiger partial charge is 0.444 e. The average molecular weight is 343 g/mol. The fourth-order valence-corrected chi connectivity index (χ4v) is 2.70. The summed E-state index contributed by atoms with van der Waals surface area (Å²) in [6.07, 6.45) is 6.19. The van der Waals surface area contributed by atoms with Crippen LogP contribution >= 0.6 is 15.9 Å². The number of carbonyl (C=O) groups excluding carboxylic acids is 2. The minimum atomic E-state index is -0.386. The van der Waals surface area contributed by atoms with Gasteiger partial charge in [-0.15, -0.1) is 0 Å². The van der Waals surface area contributed by atoms with Crippen molar-refractivity contribution in [1.29, 1.82) is 0 Å². The summed E-state index contributed by atoms with van der Waals surface area (Å²) in [4.78, 5) is 23.3. The first-order valence-corrected chi connectivity index (χ1v) is 7.74. The smallest absolute Gasteiger partial charge is 0.287 e. The first kappa shape index (κ1) is 15.1. The van der Waals surface area contributed by atoms with E-state index in [1.54, 1.807) is 12.1 Å². The second-order valence-electron chi connectivity index (χ2n) is 5.09. The molecule has 0 bridgehead atoms. The molecular weight excluding hydrogens is 324 g/mol. The van der Waals surface area contributed by atoms with Crippen LogP contribution in [0.15, 0.2) is 21.2 Å².